The average Bonchev–Trinajstić information content (AvgIpc) is 3.58. The zero-order chi connectivity index (χ0) is 26.1. The van der Waals surface area contributed by atoms with Crippen molar-refractivity contribution in [3.05, 3.63) is 96.3 Å². The molecule has 8 heteroatoms. The van der Waals surface area contributed by atoms with Gasteiger partial charge in [-0.1, -0.05) is 24.3 Å². The lowest BCUT2D eigenvalue weighted by Crippen LogP contribution is -2.46. The van der Waals surface area contributed by atoms with E-state index >= 15 is 0 Å². The van der Waals surface area contributed by atoms with Gasteiger partial charge in [-0.05, 0) is 73.5 Å². The van der Waals surface area contributed by atoms with Crippen molar-refractivity contribution in [2.45, 2.75) is 17.7 Å². The number of aromatic amines is 1. The van der Waals surface area contributed by atoms with Crippen LogP contribution in [0, 0.1) is 11.3 Å². The maximum atomic E-state index is 13.3. The van der Waals surface area contributed by atoms with Gasteiger partial charge in [0.2, 0.25) is 0 Å². The number of hydrogen-bond donors (Lipinski definition) is 1. The molecule has 192 valence electrons. The summed E-state index contributed by atoms with van der Waals surface area (Å²) in [6.07, 6.45) is 5.75. The van der Waals surface area contributed by atoms with Crippen LogP contribution in [0.15, 0.2) is 90.1 Å². The number of piperazine rings is 1. The minimum Gasteiger partial charge on any atom is -0.368 e. The van der Waals surface area contributed by atoms with Crippen LogP contribution in [-0.2, 0) is 16.4 Å². The molecule has 6 rings (SSSR count). The summed E-state index contributed by atoms with van der Waals surface area (Å²) < 4.78 is 27.9. The summed E-state index contributed by atoms with van der Waals surface area (Å²) in [5.41, 5.74) is 4.81. The fourth-order valence-corrected chi connectivity index (χ4v) is 6.85. The van der Waals surface area contributed by atoms with Crippen molar-refractivity contribution in [2.24, 2.45) is 0 Å². The smallest absolute Gasteiger partial charge is 0.268 e. The summed E-state index contributed by atoms with van der Waals surface area (Å²) >= 11 is 0. The summed E-state index contributed by atoms with van der Waals surface area (Å²) in [6, 6.07) is 24.4. The van der Waals surface area contributed by atoms with E-state index in [2.05, 4.69) is 33.1 Å². The van der Waals surface area contributed by atoms with Crippen molar-refractivity contribution in [3.8, 4) is 6.07 Å². The second-order valence-electron chi connectivity index (χ2n) is 9.76. The van der Waals surface area contributed by atoms with Crippen LogP contribution >= 0.6 is 0 Å². The van der Waals surface area contributed by atoms with Gasteiger partial charge in [0, 0.05) is 60.5 Å². The molecule has 3 aromatic carbocycles. The molecule has 0 unspecified atom stereocenters. The lowest BCUT2D eigenvalue weighted by Gasteiger charge is -2.36. The minimum atomic E-state index is -3.65. The van der Waals surface area contributed by atoms with Crippen molar-refractivity contribution >= 4 is 37.5 Å². The Morgan fingerprint density at radius 1 is 0.895 bits per heavy atom. The van der Waals surface area contributed by atoms with Gasteiger partial charge in [-0.15, -0.1) is 0 Å². The van der Waals surface area contributed by atoms with Gasteiger partial charge >= 0.3 is 0 Å². The number of benzene rings is 3. The highest BCUT2D eigenvalue weighted by Gasteiger charge is 2.22. The molecule has 2 aromatic heterocycles. The Hall–Kier alpha value is -4.06. The van der Waals surface area contributed by atoms with E-state index in [1.165, 1.54) is 9.54 Å². The maximum absolute atomic E-state index is 13.3. The van der Waals surface area contributed by atoms with Crippen LogP contribution in [0.3, 0.4) is 0 Å². The molecule has 1 fully saturated rings. The number of H-pyrrole nitrogens is 1. The van der Waals surface area contributed by atoms with E-state index in [4.69, 9.17) is 0 Å². The number of fused-ring (bicyclic) bond motifs is 2. The summed E-state index contributed by atoms with van der Waals surface area (Å²) in [5.74, 6) is 0. The third kappa shape index (κ3) is 4.44. The molecule has 0 saturated carbocycles. The number of rotatable bonds is 7. The standard InChI is InChI=1S/C30H29N5O2S/c31-21-23-11-12-28-27(20-23)24(22-32-28)6-5-14-33-16-18-34(19-17-33)29-9-4-10-30-26(29)13-15-35(30)38(36,37)25-7-2-1-3-8-25/h1-4,7-13,15,20,22,32H,5-6,14,16-19H2. The van der Waals surface area contributed by atoms with Gasteiger partial charge in [-0.25, -0.2) is 12.4 Å². The van der Waals surface area contributed by atoms with Crippen LogP contribution in [-0.4, -0.2) is 55.0 Å². The molecule has 1 saturated heterocycles. The summed E-state index contributed by atoms with van der Waals surface area (Å²) in [5, 5.41) is 11.3. The molecule has 1 aliphatic rings. The predicted molar refractivity (Wildman–Crippen MR) is 151 cm³/mol. The van der Waals surface area contributed by atoms with Gasteiger partial charge in [-0.3, -0.25) is 4.90 Å². The predicted octanol–water partition coefficient (Wildman–Crippen LogP) is 4.99. The number of aromatic nitrogens is 2. The topological polar surface area (TPSA) is 85.1 Å². The van der Waals surface area contributed by atoms with Crippen LogP contribution in [0.2, 0.25) is 0 Å². The van der Waals surface area contributed by atoms with Gasteiger partial charge in [0.1, 0.15) is 0 Å². The fourth-order valence-electron chi connectivity index (χ4n) is 5.48. The Balaban J connectivity index is 1.11. The van der Waals surface area contributed by atoms with E-state index in [-0.39, 0.29) is 4.90 Å². The number of nitrogens with one attached hydrogen (secondary N) is 1. The van der Waals surface area contributed by atoms with Crippen LogP contribution in [0.4, 0.5) is 5.69 Å². The van der Waals surface area contributed by atoms with Crippen molar-refractivity contribution < 1.29 is 8.42 Å². The second-order valence-corrected chi connectivity index (χ2v) is 11.6. The zero-order valence-electron chi connectivity index (χ0n) is 21.0. The molecular weight excluding hydrogens is 494 g/mol. The highest BCUT2D eigenvalue weighted by atomic mass is 32.2. The van der Waals surface area contributed by atoms with E-state index < -0.39 is 10.0 Å². The molecule has 38 heavy (non-hydrogen) atoms. The first-order chi connectivity index (χ1) is 18.5. The quantitative estimate of drug-likeness (QED) is 0.325. The highest BCUT2D eigenvalue weighted by molar-refractivity contribution is 7.90. The SMILES string of the molecule is N#Cc1ccc2[nH]cc(CCCN3CCN(c4cccc5c4ccn5S(=O)(=O)c4ccccc4)CC3)c2c1. The molecule has 5 aromatic rings. The minimum absolute atomic E-state index is 0.287. The van der Waals surface area contributed by atoms with Crippen LogP contribution in [0.1, 0.15) is 17.5 Å². The molecule has 0 radical (unpaired) electrons. The number of aryl methyl sites for hydroxylation is 1. The Kier molecular flexibility index (Phi) is 6.40. The van der Waals surface area contributed by atoms with Crippen LogP contribution < -0.4 is 4.90 Å². The largest absolute Gasteiger partial charge is 0.368 e. The Bertz CT molecular complexity index is 1740. The fraction of sp³-hybridized carbons (Fsp3) is 0.233. The maximum Gasteiger partial charge on any atom is 0.268 e. The van der Waals surface area contributed by atoms with Gasteiger partial charge in [0.25, 0.3) is 10.0 Å². The summed E-state index contributed by atoms with van der Waals surface area (Å²) in [6.45, 7) is 4.74. The van der Waals surface area contributed by atoms with Gasteiger partial charge in [0.05, 0.1) is 22.0 Å². The van der Waals surface area contributed by atoms with E-state index in [0.717, 1.165) is 67.5 Å². The Labute approximate surface area is 222 Å². The van der Waals surface area contributed by atoms with Crippen molar-refractivity contribution in [2.75, 3.05) is 37.6 Å². The van der Waals surface area contributed by atoms with Gasteiger partial charge < -0.3 is 9.88 Å². The first-order valence-corrected chi connectivity index (χ1v) is 14.4. The normalized spacial score (nSPS) is 14.8. The second kappa shape index (κ2) is 10.0. The van der Waals surface area contributed by atoms with Crippen LogP contribution in [0.25, 0.3) is 21.8 Å². The number of nitrogens with zero attached hydrogens (tertiary/aromatic N) is 4. The van der Waals surface area contributed by atoms with Gasteiger partial charge in [0.15, 0.2) is 0 Å². The zero-order valence-corrected chi connectivity index (χ0v) is 21.9. The third-order valence-electron chi connectivity index (χ3n) is 7.50. The van der Waals surface area contributed by atoms with Crippen LogP contribution in [0.5, 0.6) is 0 Å². The average molecular weight is 524 g/mol. The summed E-state index contributed by atoms with van der Waals surface area (Å²) in [7, 11) is -3.65. The number of hydrogen-bond acceptors (Lipinski definition) is 5. The first-order valence-electron chi connectivity index (χ1n) is 12.9. The lowest BCUT2D eigenvalue weighted by atomic mass is 10.1. The van der Waals surface area contributed by atoms with Crippen molar-refractivity contribution in [1.29, 1.82) is 5.26 Å². The summed E-state index contributed by atoms with van der Waals surface area (Å²) in [4.78, 5) is 8.46. The van der Waals surface area contributed by atoms with Crippen molar-refractivity contribution in [3.63, 3.8) is 0 Å². The molecule has 0 bridgehead atoms. The molecule has 0 amide bonds. The monoisotopic (exact) mass is 523 g/mol. The molecule has 0 aliphatic carbocycles. The molecule has 1 aliphatic heterocycles. The Morgan fingerprint density at radius 2 is 1.71 bits per heavy atom. The molecule has 0 spiro atoms. The van der Waals surface area contributed by atoms with Gasteiger partial charge in [-0.2, -0.15) is 5.26 Å². The molecular formula is C30H29N5O2S. The number of nitriles is 1. The molecule has 0 atom stereocenters. The highest BCUT2D eigenvalue weighted by Crippen LogP contribution is 2.31. The first kappa shape index (κ1) is 24.3. The lowest BCUT2D eigenvalue weighted by molar-refractivity contribution is 0.255. The molecule has 7 nitrogen and oxygen atoms in total. The molecule has 1 N–H and O–H groups in total. The van der Waals surface area contributed by atoms with E-state index in [9.17, 15) is 13.7 Å². The Morgan fingerprint density at radius 3 is 2.50 bits per heavy atom. The van der Waals surface area contributed by atoms with E-state index in [0.29, 0.717) is 11.1 Å². The van der Waals surface area contributed by atoms with E-state index in [1.807, 2.05) is 42.5 Å². The number of anilines is 1. The van der Waals surface area contributed by atoms with Crippen molar-refractivity contribution in [1.82, 2.24) is 13.9 Å². The molecule has 3 heterocycles. The third-order valence-corrected chi connectivity index (χ3v) is 9.21. The van der Waals surface area contributed by atoms with E-state index in [1.54, 1.807) is 30.5 Å².